The zero-order valence-corrected chi connectivity index (χ0v) is 15.1. The predicted molar refractivity (Wildman–Crippen MR) is 112 cm³/mol. The Kier molecular flexibility index (Phi) is 5.72. The lowest BCUT2D eigenvalue weighted by Crippen LogP contribution is -2.33. The quantitative estimate of drug-likeness (QED) is 0.275. The lowest BCUT2D eigenvalue weighted by Gasteiger charge is -2.11. The molecule has 0 aliphatic rings. The Morgan fingerprint density at radius 1 is 0.893 bits per heavy atom. The molecule has 6 heteroatoms. The number of rotatable bonds is 5. The minimum absolute atomic E-state index is 0.103. The van der Waals surface area contributed by atoms with Crippen LogP contribution in [-0.4, -0.2) is 11.9 Å². The van der Waals surface area contributed by atoms with Crippen LogP contribution in [-0.2, 0) is 0 Å². The Hall–Kier alpha value is -4.06. The summed E-state index contributed by atoms with van der Waals surface area (Å²) in [5, 5.41) is 2.63. The van der Waals surface area contributed by atoms with Crippen molar-refractivity contribution in [3.05, 3.63) is 96.9 Å². The molecule has 0 saturated carbocycles. The summed E-state index contributed by atoms with van der Waals surface area (Å²) >= 11 is 0. The van der Waals surface area contributed by atoms with E-state index in [0.717, 1.165) is 11.1 Å². The van der Waals surface area contributed by atoms with Crippen LogP contribution in [0.2, 0.25) is 0 Å². The van der Waals surface area contributed by atoms with Gasteiger partial charge in [-0.05, 0) is 42.0 Å². The molecular formula is C22H20N4O2. The molecule has 1 amide bonds. The van der Waals surface area contributed by atoms with Crippen LogP contribution in [0, 0.1) is 0 Å². The molecule has 0 bridgehead atoms. The molecular weight excluding hydrogens is 352 g/mol. The van der Waals surface area contributed by atoms with Crippen molar-refractivity contribution in [3.63, 3.8) is 0 Å². The lowest BCUT2D eigenvalue weighted by atomic mass is 10.0. The SMILES string of the molecule is C=C(N/C(N)=N/C(=O)c1ccc(-c2ccccc2)cc1)Oc1ccccc1N. The number of carbonyl (C=O) groups excluding carboxylic acids is 1. The number of guanidine groups is 1. The van der Waals surface area contributed by atoms with E-state index in [1.54, 1.807) is 36.4 Å². The van der Waals surface area contributed by atoms with Gasteiger partial charge in [0, 0.05) is 5.56 Å². The van der Waals surface area contributed by atoms with E-state index < -0.39 is 5.91 Å². The summed E-state index contributed by atoms with van der Waals surface area (Å²) in [4.78, 5) is 16.1. The minimum Gasteiger partial charge on any atom is -0.439 e. The van der Waals surface area contributed by atoms with Gasteiger partial charge in [0.2, 0.25) is 5.96 Å². The van der Waals surface area contributed by atoms with Gasteiger partial charge < -0.3 is 16.2 Å². The average Bonchev–Trinajstić information content (AvgIpc) is 2.70. The van der Waals surface area contributed by atoms with E-state index in [0.29, 0.717) is 17.0 Å². The largest absolute Gasteiger partial charge is 0.439 e. The normalized spacial score (nSPS) is 10.9. The standard InChI is InChI=1S/C22H20N4O2/c1-15(28-20-10-6-5-9-19(20)23)25-22(24)26-21(27)18-13-11-17(12-14-18)16-7-3-2-4-8-16/h2-14H,1,23H2,(H3,24,25,26,27). The van der Waals surface area contributed by atoms with E-state index in [9.17, 15) is 4.79 Å². The average molecular weight is 372 g/mol. The van der Waals surface area contributed by atoms with Crippen molar-refractivity contribution in [3.8, 4) is 16.9 Å². The maximum Gasteiger partial charge on any atom is 0.280 e. The van der Waals surface area contributed by atoms with Gasteiger partial charge in [-0.25, -0.2) is 0 Å². The number of benzene rings is 3. The van der Waals surface area contributed by atoms with Gasteiger partial charge in [-0.1, -0.05) is 54.6 Å². The molecule has 0 aliphatic carbocycles. The lowest BCUT2D eigenvalue weighted by molar-refractivity contribution is 0.100. The first kappa shape index (κ1) is 18.7. The van der Waals surface area contributed by atoms with Crippen LogP contribution in [0.1, 0.15) is 10.4 Å². The maximum absolute atomic E-state index is 12.3. The molecule has 6 nitrogen and oxygen atoms in total. The van der Waals surface area contributed by atoms with Crippen molar-refractivity contribution in [2.75, 3.05) is 5.73 Å². The molecule has 0 aromatic heterocycles. The third kappa shape index (κ3) is 4.76. The van der Waals surface area contributed by atoms with E-state index in [2.05, 4.69) is 16.9 Å². The van der Waals surface area contributed by atoms with Crippen molar-refractivity contribution < 1.29 is 9.53 Å². The van der Waals surface area contributed by atoms with Crippen LogP contribution in [0.15, 0.2) is 96.3 Å². The first-order chi connectivity index (χ1) is 13.5. The van der Waals surface area contributed by atoms with Crippen molar-refractivity contribution in [1.29, 1.82) is 0 Å². The van der Waals surface area contributed by atoms with Crippen molar-refractivity contribution in [2.45, 2.75) is 0 Å². The number of ether oxygens (including phenoxy) is 1. The molecule has 0 atom stereocenters. The highest BCUT2D eigenvalue weighted by Gasteiger charge is 2.08. The molecule has 3 aromatic rings. The van der Waals surface area contributed by atoms with E-state index in [1.807, 2.05) is 42.5 Å². The monoisotopic (exact) mass is 372 g/mol. The molecule has 0 saturated heterocycles. The number of anilines is 1. The Bertz CT molecular complexity index is 1010. The third-order valence-electron chi connectivity index (χ3n) is 3.88. The topological polar surface area (TPSA) is 103 Å². The Morgan fingerprint density at radius 2 is 1.50 bits per heavy atom. The Balaban J connectivity index is 1.63. The fourth-order valence-corrected chi connectivity index (χ4v) is 2.51. The molecule has 0 heterocycles. The number of nitrogens with two attached hydrogens (primary N) is 2. The highest BCUT2D eigenvalue weighted by Crippen LogP contribution is 2.21. The van der Waals surface area contributed by atoms with Gasteiger partial charge in [-0.3, -0.25) is 10.1 Å². The van der Waals surface area contributed by atoms with Crippen LogP contribution in [0.25, 0.3) is 11.1 Å². The molecule has 0 unspecified atom stereocenters. The summed E-state index contributed by atoms with van der Waals surface area (Å²) in [5.41, 5.74) is 14.5. The molecule has 0 aliphatic heterocycles. The molecule has 0 fully saturated rings. The van der Waals surface area contributed by atoms with Crippen molar-refractivity contribution >= 4 is 17.6 Å². The van der Waals surface area contributed by atoms with Gasteiger partial charge >= 0.3 is 0 Å². The Labute approximate surface area is 163 Å². The second-order valence-corrected chi connectivity index (χ2v) is 5.93. The third-order valence-corrected chi connectivity index (χ3v) is 3.88. The van der Waals surface area contributed by atoms with Crippen LogP contribution < -0.4 is 21.5 Å². The number of hydrogen-bond donors (Lipinski definition) is 3. The number of aliphatic imine (C=N–C) groups is 1. The van der Waals surface area contributed by atoms with Crippen LogP contribution in [0.5, 0.6) is 5.75 Å². The zero-order chi connectivity index (χ0) is 19.9. The van der Waals surface area contributed by atoms with E-state index in [4.69, 9.17) is 16.2 Å². The minimum atomic E-state index is -0.475. The summed E-state index contributed by atoms with van der Waals surface area (Å²) < 4.78 is 5.47. The van der Waals surface area contributed by atoms with Gasteiger partial charge in [0.1, 0.15) is 0 Å². The predicted octanol–water partition coefficient (Wildman–Crippen LogP) is 3.53. The van der Waals surface area contributed by atoms with Gasteiger partial charge in [0.15, 0.2) is 11.6 Å². The number of nitrogen functional groups attached to an aromatic ring is 1. The van der Waals surface area contributed by atoms with E-state index in [1.165, 1.54) is 0 Å². The molecule has 0 radical (unpaired) electrons. The molecule has 140 valence electrons. The van der Waals surface area contributed by atoms with Crippen molar-refractivity contribution in [1.82, 2.24) is 5.32 Å². The fourth-order valence-electron chi connectivity index (χ4n) is 2.51. The molecule has 3 aromatic carbocycles. The number of para-hydroxylation sites is 2. The van der Waals surface area contributed by atoms with Crippen LogP contribution in [0.4, 0.5) is 5.69 Å². The highest BCUT2D eigenvalue weighted by molar-refractivity contribution is 6.02. The number of amides is 1. The van der Waals surface area contributed by atoms with Gasteiger partial charge in [-0.15, -0.1) is 0 Å². The number of nitrogens with zero attached hydrogens (tertiary/aromatic N) is 1. The zero-order valence-electron chi connectivity index (χ0n) is 15.1. The van der Waals surface area contributed by atoms with E-state index in [-0.39, 0.29) is 11.8 Å². The fraction of sp³-hybridized carbons (Fsp3) is 0. The number of carbonyl (C=O) groups is 1. The van der Waals surface area contributed by atoms with E-state index >= 15 is 0 Å². The van der Waals surface area contributed by atoms with Gasteiger partial charge in [0.05, 0.1) is 5.69 Å². The maximum atomic E-state index is 12.3. The second kappa shape index (κ2) is 8.55. The molecule has 0 spiro atoms. The first-order valence-electron chi connectivity index (χ1n) is 8.55. The second-order valence-electron chi connectivity index (χ2n) is 5.93. The highest BCUT2D eigenvalue weighted by atomic mass is 16.5. The van der Waals surface area contributed by atoms with Crippen LogP contribution in [0.3, 0.4) is 0 Å². The number of hydrogen-bond acceptors (Lipinski definition) is 3. The summed E-state index contributed by atoms with van der Waals surface area (Å²) in [6.07, 6.45) is 0. The smallest absolute Gasteiger partial charge is 0.280 e. The van der Waals surface area contributed by atoms with Gasteiger partial charge in [-0.2, -0.15) is 4.99 Å². The molecule has 5 N–H and O–H groups in total. The molecule has 3 rings (SSSR count). The van der Waals surface area contributed by atoms with Crippen LogP contribution >= 0.6 is 0 Å². The Morgan fingerprint density at radius 3 is 2.18 bits per heavy atom. The summed E-state index contributed by atoms with van der Waals surface area (Å²) in [5.74, 6) is -0.0738. The number of nitrogens with one attached hydrogen (secondary N) is 1. The van der Waals surface area contributed by atoms with Crippen molar-refractivity contribution in [2.24, 2.45) is 10.7 Å². The summed E-state index contributed by atoms with van der Waals surface area (Å²) in [6, 6.07) is 24.0. The van der Waals surface area contributed by atoms with Gasteiger partial charge in [0.25, 0.3) is 5.91 Å². The first-order valence-corrected chi connectivity index (χ1v) is 8.55. The molecule has 28 heavy (non-hydrogen) atoms. The summed E-state index contributed by atoms with van der Waals surface area (Å²) in [7, 11) is 0. The summed E-state index contributed by atoms with van der Waals surface area (Å²) in [6.45, 7) is 3.70.